The Balaban J connectivity index is 2.80. The topological polar surface area (TPSA) is 68.0 Å². The molecule has 0 saturated carbocycles. The third kappa shape index (κ3) is 3.00. The van der Waals surface area contributed by atoms with Crippen molar-refractivity contribution in [2.45, 2.75) is 25.8 Å². The van der Waals surface area contributed by atoms with Crippen LogP contribution in [0.15, 0.2) is 22.9 Å². The van der Waals surface area contributed by atoms with Crippen molar-refractivity contribution < 1.29 is 4.79 Å². The van der Waals surface area contributed by atoms with E-state index in [9.17, 15) is 4.79 Å². The van der Waals surface area contributed by atoms with Crippen LogP contribution in [0.3, 0.4) is 0 Å². The summed E-state index contributed by atoms with van der Waals surface area (Å²) in [4.78, 5) is 15.7. The molecule has 15 heavy (non-hydrogen) atoms. The number of aromatic nitrogens is 1. The maximum atomic E-state index is 11.7. The quantitative estimate of drug-likeness (QED) is 0.826. The highest BCUT2D eigenvalue weighted by atomic mass is 79.9. The molecule has 1 aromatic heterocycles. The summed E-state index contributed by atoms with van der Waals surface area (Å²) in [7, 11) is 0. The SMILES string of the molecule is CCC(C)(N)C(=O)Nc1cccnc1Br. The molecule has 1 atom stereocenters. The average molecular weight is 272 g/mol. The van der Waals surface area contributed by atoms with Crippen molar-refractivity contribution >= 4 is 27.5 Å². The van der Waals surface area contributed by atoms with Crippen LogP contribution >= 0.6 is 15.9 Å². The number of amides is 1. The number of nitrogens with two attached hydrogens (primary N) is 1. The van der Waals surface area contributed by atoms with E-state index in [2.05, 4.69) is 26.2 Å². The Morgan fingerprint density at radius 2 is 2.40 bits per heavy atom. The highest BCUT2D eigenvalue weighted by Gasteiger charge is 2.26. The number of anilines is 1. The Bertz CT molecular complexity index is 365. The number of hydrogen-bond donors (Lipinski definition) is 2. The van der Waals surface area contributed by atoms with E-state index in [0.29, 0.717) is 16.7 Å². The van der Waals surface area contributed by atoms with E-state index in [4.69, 9.17) is 5.73 Å². The predicted molar refractivity (Wildman–Crippen MR) is 63.5 cm³/mol. The first-order chi connectivity index (χ1) is 6.97. The number of rotatable bonds is 3. The molecule has 1 heterocycles. The molecule has 3 N–H and O–H groups in total. The smallest absolute Gasteiger partial charge is 0.244 e. The molecule has 5 heteroatoms. The number of halogens is 1. The first-order valence-corrected chi connectivity index (χ1v) is 5.47. The van der Waals surface area contributed by atoms with Gasteiger partial charge in [-0.2, -0.15) is 0 Å². The van der Waals surface area contributed by atoms with Crippen molar-refractivity contribution in [2.75, 3.05) is 5.32 Å². The monoisotopic (exact) mass is 271 g/mol. The van der Waals surface area contributed by atoms with Gasteiger partial charge in [-0.15, -0.1) is 0 Å². The predicted octanol–water partition coefficient (Wildman–Crippen LogP) is 1.91. The van der Waals surface area contributed by atoms with E-state index < -0.39 is 5.54 Å². The summed E-state index contributed by atoms with van der Waals surface area (Å²) in [5.41, 5.74) is 5.59. The number of carbonyl (C=O) groups excluding carboxylic acids is 1. The molecule has 0 bridgehead atoms. The normalized spacial score (nSPS) is 14.4. The van der Waals surface area contributed by atoms with Crippen molar-refractivity contribution in [1.82, 2.24) is 4.98 Å². The molecule has 0 aliphatic carbocycles. The van der Waals surface area contributed by atoms with Crippen LogP contribution in [0.2, 0.25) is 0 Å². The maximum absolute atomic E-state index is 11.7. The lowest BCUT2D eigenvalue weighted by atomic mass is 9.99. The molecule has 1 unspecified atom stereocenters. The molecule has 0 saturated heterocycles. The highest BCUT2D eigenvalue weighted by molar-refractivity contribution is 9.10. The first-order valence-electron chi connectivity index (χ1n) is 4.68. The van der Waals surface area contributed by atoms with Crippen molar-refractivity contribution in [1.29, 1.82) is 0 Å². The van der Waals surface area contributed by atoms with Crippen LogP contribution in [0.5, 0.6) is 0 Å². The number of carbonyl (C=O) groups is 1. The first kappa shape index (κ1) is 12.1. The standard InChI is InChI=1S/C10H14BrN3O/c1-3-10(2,12)9(15)14-7-5-4-6-13-8(7)11/h4-6H,3,12H2,1-2H3,(H,14,15). The molecule has 1 aromatic rings. The Morgan fingerprint density at radius 3 is 2.93 bits per heavy atom. The Kier molecular flexibility index (Phi) is 3.82. The van der Waals surface area contributed by atoms with Crippen molar-refractivity contribution in [3.05, 3.63) is 22.9 Å². The third-order valence-corrected chi connectivity index (χ3v) is 2.89. The fraction of sp³-hybridized carbons (Fsp3) is 0.400. The number of pyridine rings is 1. The van der Waals surface area contributed by atoms with Gasteiger partial charge in [0.2, 0.25) is 5.91 Å². The van der Waals surface area contributed by atoms with Gasteiger partial charge < -0.3 is 11.1 Å². The lowest BCUT2D eigenvalue weighted by Gasteiger charge is -2.21. The van der Waals surface area contributed by atoms with Gasteiger partial charge >= 0.3 is 0 Å². The lowest BCUT2D eigenvalue weighted by Crippen LogP contribution is -2.47. The van der Waals surface area contributed by atoms with Gasteiger partial charge in [0, 0.05) is 6.20 Å². The summed E-state index contributed by atoms with van der Waals surface area (Å²) in [5, 5.41) is 2.73. The van der Waals surface area contributed by atoms with Gasteiger partial charge in [0.1, 0.15) is 4.60 Å². The van der Waals surface area contributed by atoms with E-state index in [1.54, 1.807) is 25.3 Å². The highest BCUT2D eigenvalue weighted by Crippen LogP contribution is 2.19. The second-order valence-corrected chi connectivity index (χ2v) is 4.32. The maximum Gasteiger partial charge on any atom is 0.244 e. The van der Waals surface area contributed by atoms with Gasteiger partial charge in [-0.05, 0) is 41.4 Å². The minimum atomic E-state index is -0.852. The van der Waals surface area contributed by atoms with Crippen LogP contribution in [-0.2, 0) is 4.79 Å². The van der Waals surface area contributed by atoms with Crippen molar-refractivity contribution in [3.63, 3.8) is 0 Å². The van der Waals surface area contributed by atoms with Gasteiger partial charge in [-0.3, -0.25) is 4.79 Å². The van der Waals surface area contributed by atoms with Crippen LogP contribution in [0.25, 0.3) is 0 Å². The average Bonchev–Trinajstić information content (AvgIpc) is 2.21. The van der Waals surface area contributed by atoms with E-state index in [0.717, 1.165) is 0 Å². The molecule has 0 aromatic carbocycles. The molecule has 1 amide bonds. The zero-order valence-electron chi connectivity index (χ0n) is 8.75. The molecular weight excluding hydrogens is 258 g/mol. The van der Waals surface area contributed by atoms with Gasteiger partial charge in [0.25, 0.3) is 0 Å². The van der Waals surface area contributed by atoms with Gasteiger partial charge in [-0.25, -0.2) is 4.98 Å². The number of nitrogens with one attached hydrogen (secondary N) is 1. The molecule has 82 valence electrons. The molecular formula is C10H14BrN3O. The Labute approximate surface area is 97.4 Å². The molecule has 0 spiro atoms. The van der Waals surface area contributed by atoms with Crippen molar-refractivity contribution in [2.24, 2.45) is 5.73 Å². The summed E-state index contributed by atoms with van der Waals surface area (Å²) >= 11 is 3.25. The third-order valence-electron chi connectivity index (χ3n) is 2.26. The summed E-state index contributed by atoms with van der Waals surface area (Å²) in [6.07, 6.45) is 2.22. The fourth-order valence-corrected chi connectivity index (χ4v) is 1.25. The number of hydrogen-bond acceptors (Lipinski definition) is 3. The zero-order valence-corrected chi connectivity index (χ0v) is 10.3. The summed E-state index contributed by atoms with van der Waals surface area (Å²) in [5.74, 6) is -0.210. The van der Waals surface area contributed by atoms with Crippen LogP contribution in [0.1, 0.15) is 20.3 Å². The molecule has 0 fully saturated rings. The van der Waals surface area contributed by atoms with Crippen LogP contribution in [0.4, 0.5) is 5.69 Å². The van der Waals surface area contributed by atoms with E-state index in [-0.39, 0.29) is 5.91 Å². The van der Waals surface area contributed by atoms with E-state index >= 15 is 0 Å². The molecule has 0 aliphatic heterocycles. The Hall–Kier alpha value is -0.940. The van der Waals surface area contributed by atoms with E-state index in [1.807, 2.05) is 6.92 Å². The second kappa shape index (κ2) is 4.72. The fourth-order valence-electron chi connectivity index (χ4n) is 0.905. The van der Waals surface area contributed by atoms with Crippen LogP contribution < -0.4 is 11.1 Å². The van der Waals surface area contributed by atoms with Gasteiger partial charge in [-0.1, -0.05) is 6.92 Å². The summed E-state index contributed by atoms with van der Waals surface area (Å²) in [6.45, 7) is 3.57. The number of nitrogens with zero attached hydrogens (tertiary/aromatic N) is 1. The van der Waals surface area contributed by atoms with E-state index in [1.165, 1.54) is 0 Å². The minimum absolute atomic E-state index is 0.210. The lowest BCUT2D eigenvalue weighted by molar-refractivity contribution is -0.120. The van der Waals surface area contributed by atoms with Crippen LogP contribution in [-0.4, -0.2) is 16.4 Å². The van der Waals surface area contributed by atoms with Gasteiger partial charge in [0.15, 0.2) is 0 Å². The minimum Gasteiger partial charge on any atom is -0.322 e. The molecule has 0 radical (unpaired) electrons. The largest absolute Gasteiger partial charge is 0.322 e. The molecule has 1 rings (SSSR count). The summed E-state index contributed by atoms with van der Waals surface area (Å²) < 4.78 is 0.602. The Morgan fingerprint density at radius 1 is 1.73 bits per heavy atom. The second-order valence-electron chi connectivity index (χ2n) is 3.57. The van der Waals surface area contributed by atoms with Crippen LogP contribution in [0, 0.1) is 0 Å². The van der Waals surface area contributed by atoms with Crippen molar-refractivity contribution in [3.8, 4) is 0 Å². The molecule has 4 nitrogen and oxygen atoms in total. The molecule has 0 aliphatic rings. The summed E-state index contributed by atoms with van der Waals surface area (Å²) in [6, 6.07) is 3.51. The zero-order chi connectivity index (χ0) is 11.5. The van der Waals surface area contributed by atoms with Gasteiger partial charge in [0.05, 0.1) is 11.2 Å².